The molecule has 0 unspecified atom stereocenters. The van der Waals surface area contributed by atoms with E-state index in [1.165, 1.54) is 6.07 Å². The molecule has 0 amide bonds. The first kappa shape index (κ1) is 18.6. The Hall–Kier alpha value is -3.16. The molecule has 0 fully saturated rings. The molecular formula is C19H17F2NO5. The molecule has 1 heterocycles. The normalized spacial score (nSPS) is 11.4. The Balaban J connectivity index is 1.76. The molecule has 142 valence electrons. The van der Waals surface area contributed by atoms with Crippen molar-refractivity contribution in [2.45, 2.75) is 33.0 Å². The predicted octanol–water partition coefficient (Wildman–Crippen LogP) is 5.00. The van der Waals surface area contributed by atoms with Gasteiger partial charge in [0.2, 0.25) is 5.89 Å². The van der Waals surface area contributed by atoms with E-state index in [2.05, 4.69) is 4.98 Å². The summed E-state index contributed by atoms with van der Waals surface area (Å²) in [5, 5.41) is 0. The third-order valence-electron chi connectivity index (χ3n) is 3.25. The Morgan fingerprint density at radius 1 is 1.15 bits per heavy atom. The van der Waals surface area contributed by atoms with Crippen LogP contribution in [0.5, 0.6) is 11.5 Å². The number of hydrogen-bond donors (Lipinski definition) is 0. The summed E-state index contributed by atoms with van der Waals surface area (Å²) in [7, 11) is 0. The van der Waals surface area contributed by atoms with Gasteiger partial charge in [-0.3, -0.25) is 0 Å². The molecule has 8 heteroatoms. The van der Waals surface area contributed by atoms with Crippen molar-refractivity contribution < 1.29 is 32.2 Å². The highest BCUT2D eigenvalue weighted by Gasteiger charge is 2.20. The first-order chi connectivity index (χ1) is 12.7. The van der Waals surface area contributed by atoms with Gasteiger partial charge in [-0.05, 0) is 45.0 Å². The fourth-order valence-electron chi connectivity index (χ4n) is 2.21. The fraction of sp³-hybridized carbons (Fsp3) is 0.263. The number of benzene rings is 2. The topological polar surface area (TPSA) is 70.8 Å². The number of nitrogens with zero attached hydrogens (tertiary/aromatic N) is 1. The molecule has 0 spiro atoms. The minimum Gasteiger partial charge on any atom is -0.481 e. The number of para-hydroxylation sites is 1. The Labute approximate surface area is 153 Å². The van der Waals surface area contributed by atoms with Crippen LogP contribution in [0.15, 0.2) is 40.8 Å². The largest absolute Gasteiger partial charge is 0.514 e. The van der Waals surface area contributed by atoms with Crippen LogP contribution in [0.25, 0.3) is 11.1 Å². The smallest absolute Gasteiger partial charge is 0.481 e. The van der Waals surface area contributed by atoms with Gasteiger partial charge in [0.15, 0.2) is 35.0 Å². The van der Waals surface area contributed by atoms with Gasteiger partial charge in [0.1, 0.15) is 11.4 Å². The van der Waals surface area contributed by atoms with E-state index in [0.717, 1.165) is 6.07 Å². The molecule has 0 radical (unpaired) electrons. The lowest BCUT2D eigenvalue weighted by Crippen LogP contribution is -2.26. The summed E-state index contributed by atoms with van der Waals surface area (Å²) in [4.78, 5) is 16.1. The Kier molecular flexibility index (Phi) is 4.98. The fourth-order valence-corrected chi connectivity index (χ4v) is 2.21. The number of ether oxygens (including phenoxy) is 3. The van der Waals surface area contributed by atoms with Crippen molar-refractivity contribution >= 4 is 17.3 Å². The van der Waals surface area contributed by atoms with E-state index in [4.69, 9.17) is 18.6 Å². The van der Waals surface area contributed by atoms with E-state index < -0.39 is 23.4 Å². The SMILES string of the molecule is CC(C)(C)OC(=O)Oc1cccc2oc(COc3ccc(F)cc3F)nc12. The Bertz CT molecular complexity index is 978. The molecule has 0 N–H and O–H groups in total. The maximum Gasteiger partial charge on any atom is 0.514 e. The number of carbonyl (C=O) groups excluding carboxylic acids is 1. The van der Waals surface area contributed by atoms with E-state index in [1.54, 1.807) is 39.0 Å². The molecule has 6 nitrogen and oxygen atoms in total. The standard InChI is InChI=1S/C19H17F2NO5/c1-19(2,3)27-18(23)26-15-6-4-5-14-17(15)22-16(25-14)10-24-13-8-7-11(20)9-12(13)21/h4-9H,10H2,1-3H3. The number of rotatable bonds is 4. The first-order valence-electron chi connectivity index (χ1n) is 8.08. The van der Waals surface area contributed by atoms with Crippen LogP contribution >= 0.6 is 0 Å². The van der Waals surface area contributed by atoms with Crippen LogP contribution < -0.4 is 9.47 Å². The first-order valence-corrected chi connectivity index (χ1v) is 8.08. The summed E-state index contributed by atoms with van der Waals surface area (Å²) in [5.74, 6) is -1.38. The highest BCUT2D eigenvalue weighted by atomic mass is 19.1. The molecule has 27 heavy (non-hydrogen) atoms. The molecule has 2 aromatic carbocycles. The third kappa shape index (κ3) is 4.72. The van der Waals surface area contributed by atoms with Gasteiger partial charge < -0.3 is 18.6 Å². The molecule has 0 aliphatic heterocycles. The number of hydrogen-bond acceptors (Lipinski definition) is 6. The molecule has 0 aliphatic carbocycles. The summed E-state index contributed by atoms with van der Waals surface area (Å²) in [6, 6.07) is 7.76. The van der Waals surface area contributed by atoms with Crippen LogP contribution in [0.2, 0.25) is 0 Å². The molecule has 3 rings (SSSR count). The maximum absolute atomic E-state index is 13.6. The third-order valence-corrected chi connectivity index (χ3v) is 3.25. The van der Waals surface area contributed by atoms with Crippen molar-refractivity contribution in [2.75, 3.05) is 0 Å². The molecule has 0 aliphatic rings. The molecule has 0 atom stereocenters. The average molecular weight is 377 g/mol. The van der Waals surface area contributed by atoms with E-state index in [9.17, 15) is 13.6 Å². The monoisotopic (exact) mass is 377 g/mol. The molecule has 0 bridgehead atoms. The molecular weight excluding hydrogens is 360 g/mol. The second kappa shape index (κ2) is 7.22. The van der Waals surface area contributed by atoms with Gasteiger partial charge in [-0.2, -0.15) is 0 Å². The lowest BCUT2D eigenvalue weighted by molar-refractivity contribution is 0.0209. The summed E-state index contributed by atoms with van der Waals surface area (Å²) >= 11 is 0. The van der Waals surface area contributed by atoms with E-state index in [0.29, 0.717) is 17.2 Å². The maximum atomic E-state index is 13.6. The highest BCUT2D eigenvalue weighted by molar-refractivity contribution is 5.82. The zero-order valence-electron chi connectivity index (χ0n) is 14.9. The molecule has 0 saturated heterocycles. The minimum atomic E-state index is -0.871. The average Bonchev–Trinajstić information content (AvgIpc) is 2.96. The second-order valence-corrected chi connectivity index (χ2v) is 6.64. The number of carbonyl (C=O) groups is 1. The zero-order chi connectivity index (χ0) is 19.6. The number of aromatic nitrogens is 1. The predicted molar refractivity (Wildman–Crippen MR) is 91.6 cm³/mol. The van der Waals surface area contributed by atoms with Crippen LogP contribution in [0.1, 0.15) is 26.7 Å². The minimum absolute atomic E-state index is 0.133. The zero-order valence-corrected chi connectivity index (χ0v) is 14.9. The lowest BCUT2D eigenvalue weighted by Gasteiger charge is -2.18. The van der Waals surface area contributed by atoms with Gasteiger partial charge in [-0.15, -0.1) is 0 Å². The lowest BCUT2D eigenvalue weighted by atomic mass is 10.2. The van der Waals surface area contributed by atoms with Crippen molar-refractivity contribution in [3.8, 4) is 11.5 Å². The van der Waals surface area contributed by atoms with Gasteiger partial charge >= 0.3 is 6.16 Å². The van der Waals surface area contributed by atoms with E-state index >= 15 is 0 Å². The van der Waals surface area contributed by atoms with Crippen LogP contribution in [0, 0.1) is 11.6 Å². The number of fused-ring (bicyclic) bond motifs is 1. The van der Waals surface area contributed by atoms with Crippen molar-refractivity contribution in [1.82, 2.24) is 4.98 Å². The Morgan fingerprint density at radius 2 is 1.93 bits per heavy atom. The van der Waals surface area contributed by atoms with Crippen molar-refractivity contribution in [2.24, 2.45) is 0 Å². The van der Waals surface area contributed by atoms with Crippen molar-refractivity contribution in [3.05, 3.63) is 53.9 Å². The quantitative estimate of drug-likeness (QED) is 0.471. The van der Waals surface area contributed by atoms with E-state index in [-0.39, 0.29) is 24.0 Å². The molecule has 1 aromatic heterocycles. The van der Waals surface area contributed by atoms with E-state index in [1.807, 2.05) is 0 Å². The van der Waals surface area contributed by atoms with Crippen LogP contribution in [-0.2, 0) is 11.3 Å². The van der Waals surface area contributed by atoms with Gasteiger partial charge in [0, 0.05) is 6.07 Å². The van der Waals surface area contributed by atoms with Crippen LogP contribution in [0.3, 0.4) is 0 Å². The molecule has 3 aromatic rings. The van der Waals surface area contributed by atoms with Crippen molar-refractivity contribution in [1.29, 1.82) is 0 Å². The van der Waals surface area contributed by atoms with Crippen molar-refractivity contribution in [3.63, 3.8) is 0 Å². The summed E-state index contributed by atoms with van der Waals surface area (Å²) in [5.41, 5.74) is -0.0525. The summed E-state index contributed by atoms with van der Waals surface area (Å²) in [6.45, 7) is 4.96. The summed E-state index contributed by atoms with van der Waals surface area (Å²) < 4.78 is 47.6. The van der Waals surface area contributed by atoms with Gasteiger partial charge in [-0.1, -0.05) is 6.07 Å². The number of halogens is 2. The van der Waals surface area contributed by atoms with Crippen LogP contribution in [-0.4, -0.2) is 16.7 Å². The summed E-state index contributed by atoms with van der Waals surface area (Å²) in [6.07, 6.45) is -0.871. The van der Waals surface area contributed by atoms with Crippen LogP contribution in [0.4, 0.5) is 13.6 Å². The second-order valence-electron chi connectivity index (χ2n) is 6.64. The number of oxazole rings is 1. The Morgan fingerprint density at radius 3 is 2.63 bits per heavy atom. The van der Waals surface area contributed by atoms with Gasteiger partial charge in [0.25, 0.3) is 0 Å². The highest BCUT2D eigenvalue weighted by Crippen LogP contribution is 2.27. The van der Waals surface area contributed by atoms with Gasteiger partial charge in [0.05, 0.1) is 0 Å². The van der Waals surface area contributed by atoms with Gasteiger partial charge in [-0.25, -0.2) is 18.6 Å². The molecule has 0 saturated carbocycles.